The van der Waals surface area contributed by atoms with E-state index in [-0.39, 0.29) is 12.1 Å². The molecule has 1 aliphatic rings. The Kier molecular flexibility index (Phi) is 7.01. The zero-order chi connectivity index (χ0) is 15.1. The topological polar surface area (TPSA) is 21.3 Å². The molecule has 2 nitrogen and oxygen atoms in total. The van der Waals surface area contributed by atoms with Gasteiger partial charge in [-0.1, -0.05) is 56.0 Å². The molecule has 2 unspecified atom stereocenters. The highest BCUT2D eigenvalue weighted by Crippen LogP contribution is 2.36. The SMILES string of the molecule is CCCNC(c1ccccc1Cl)C(OC)C1CCCCC1. The predicted octanol–water partition coefficient (Wildman–Crippen LogP) is 4.98. The van der Waals surface area contributed by atoms with Crippen LogP contribution in [0.2, 0.25) is 5.02 Å². The zero-order valence-electron chi connectivity index (χ0n) is 13.3. The minimum absolute atomic E-state index is 0.187. The van der Waals surface area contributed by atoms with Crippen molar-refractivity contribution in [3.63, 3.8) is 0 Å². The molecule has 1 fully saturated rings. The summed E-state index contributed by atoms with van der Waals surface area (Å²) in [5, 5.41) is 4.50. The van der Waals surface area contributed by atoms with Crippen LogP contribution in [0.3, 0.4) is 0 Å². The standard InChI is InChI=1S/C18H28ClNO/c1-3-13-20-17(15-11-7-8-12-16(15)19)18(21-2)14-9-5-4-6-10-14/h7-8,11-12,14,17-18,20H,3-6,9-10,13H2,1-2H3. The van der Waals surface area contributed by atoms with Gasteiger partial charge >= 0.3 is 0 Å². The molecule has 0 heterocycles. The van der Waals surface area contributed by atoms with Gasteiger partial charge in [-0.15, -0.1) is 0 Å². The Labute approximate surface area is 134 Å². The third kappa shape index (κ3) is 4.45. The lowest BCUT2D eigenvalue weighted by Crippen LogP contribution is -2.39. The van der Waals surface area contributed by atoms with Crippen LogP contribution in [0, 0.1) is 5.92 Å². The average Bonchev–Trinajstić information content (AvgIpc) is 2.53. The minimum Gasteiger partial charge on any atom is -0.379 e. The highest BCUT2D eigenvalue weighted by atomic mass is 35.5. The fraction of sp³-hybridized carbons (Fsp3) is 0.667. The molecule has 1 N–H and O–H groups in total. The molecule has 1 aromatic rings. The van der Waals surface area contributed by atoms with E-state index in [9.17, 15) is 0 Å². The molecule has 21 heavy (non-hydrogen) atoms. The summed E-state index contributed by atoms with van der Waals surface area (Å²) in [5.41, 5.74) is 1.17. The van der Waals surface area contributed by atoms with Crippen molar-refractivity contribution >= 4 is 11.6 Å². The van der Waals surface area contributed by atoms with Crippen LogP contribution in [0.25, 0.3) is 0 Å². The van der Waals surface area contributed by atoms with Gasteiger partial charge in [0.2, 0.25) is 0 Å². The first-order valence-corrected chi connectivity index (χ1v) is 8.66. The number of rotatable bonds is 7. The smallest absolute Gasteiger partial charge is 0.0794 e. The molecular formula is C18H28ClNO. The van der Waals surface area contributed by atoms with E-state index >= 15 is 0 Å². The molecule has 3 heteroatoms. The molecule has 1 aromatic carbocycles. The lowest BCUT2D eigenvalue weighted by atomic mass is 9.81. The number of ether oxygens (including phenoxy) is 1. The number of hydrogen-bond donors (Lipinski definition) is 1. The third-order valence-electron chi connectivity index (χ3n) is 4.57. The van der Waals surface area contributed by atoms with Gasteiger partial charge in [-0.05, 0) is 43.4 Å². The van der Waals surface area contributed by atoms with Crippen molar-refractivity contribution in [1.29, 1.82) is 0 Å². The van der Waals surface area contributed by atoms with Crippen LogP contribution in [-0.4, -0.2) is 19.8 Å². The summed E-state index contributed by atoms with van der Waals surface area (Å²) < 4.78 is 5.94. The monoisotopic (exact) mass is 309 g/mol. The number of nitrogens with one attached hydrogen (secondary N) is 1. The lowest BCUT2D eigenvalue weighted by Gasteiger charge is -2.36. The first-order valence-electron chi connectivity index (χ1n) is 8.28. The highest BCUT2D eigenvalue weighted by molar-refractivity contribution is 6.31. The Hall–Kier alpha value is -0.570. The maximum absolute atomic E-state index is 6.44. The van der Waals surface area contributed by atoms with Gasteiger partial charge < -0.3 is 10.1 Å². The van der Waals surface area contributed by atoms with Gasteiger partial charge in [-0.25, -0.2) is 0 Å². The van der Waals surface area contributed by atoms with Gasteiger partial charge in [0.25, 0.3) is 0 Å². The van der Waals surface area contributed by atoms with E-state index in [0.29, 0.717) is 5.92 Å². The van der Waals surface area contributed by atoms with Crippen LogP contribution < -0.4 is 5.32 Å². The summed E-state index contributed by atoms with van der Waals surface area (Å²) in [5.74, 6) is 0.634. The molecule has 0 aliphatic heterocycles. The molecule has 0 spiro atoms. The molecule has 0 saturated heterocycles. The van der Waals surface area contributed by atoms with Crippen molar-refractivity contribution in [1.82, 2.24) is 5.32 Å². The van der Waals surface area contributed by atoms with E-state index in [4.69, 9.17) is 16.3 Å². The Balaban J connectivity index is 2.22. The van der Waals surface area contributed by atoms with Crippen LogP contribution in [-0.2, 0) is 4.74 Å². The highest BCUT2D eigenvalue weighted by Gasteiger charge is 2.32. The molecule has 2 rings (SSSR count). The summed E-state index contributed by atoms with van der Waals surface area (Å²) in [6, 6.07) is 8.35. The Morgan fingerprint density at radius 1 is 1.24 bits per heavy atom. The second-order valence-corrected chi connectivity index (χ2v) is 6.46. The van der Waals surface area contributed by atoms with E-state index in [1.54, 1.807) is 0 Å². The van der Waals surface area contributed by atoms with Crippen molar-refractivity contribution in [3.8, 4) is 0 Å². The van der Waals surface area contributed by atoms with Gasteiger partial charge in [-0.3, -0.25) is 0 Å². The van der Waals surface area contributed by atoms with Crippen molar-refractivity contribution in [3.05, 3.63) is 34.9 Å². The fourth-order valence-electron chi connectivity index (χ4n) is 3.49. The maximum atomic E-state index is 6.44. The normalized spacial score (nSPS) is 19.4. The number of hydrogen-bond acceptors (Lipinski definition) is 2. The molecule has 118 valence electrons. The summed E-state index contributed by atoms with van der Waals surface area (Å²) in [7, 11) is 1.84. The molecule has 1 saturated carbocycles. The molecule has 2 atom stereocenters. The van der Waals surface area contributed by atoms with Crippen LogP contribution in [0.4, 0.5) is 0 Å². The second kappa shape index (κ2) is 8.77. The largest absolute Gasteiger partial charge is 0.379 e. The number of halogens is 1. The Bertz CT molecular complexity index is 417. The van der Waals surface area contributed by atoms with Crippen molar-refractivity contribution < 1.29 is 4.74 Å². The molecule has 0 aromatic heterocycles. The van der Waals surface area contributed by atoms with E-state index < -0.39 is 0 Å². The summed E-state index contributed by atoms with van der Waals surface area (Å²) in [6.07, 6.45) is 7.88. The van der Waals surface area contributed by atoms with Crippen molar-refractivity contribution in [2.24, 2.45) is 5.92 Å². The summed E-state index contributed by atoms with van der Waals surface area (Å²) >= 11 is 6.44. The van der Waals surface area contributed by atoms with E-state index in [1.807, 2.05) is 19.2 Å². The fourth-order valence-corrected chi connectivity index (χ4v) is 3.75. The van der Waals surface area contributed by atoms with Gasteiger partial charge in [0.05, 0.1) is 12.1 Å². The first kappa shape index (κ1) is 16.8. The average molecular weight is 310 g/mol. The van der Waals surface area contributed by atoms with Gasteiger partial charge in [0.15, 0.2) is 0 Å². The van der Waals surface area contributed by atoms with Crippen LogP contribution in [0.15, 0.2) is 24.3 Å². The zero-order valence-corrected chi connectivity index (χ0v) is 14.0. The number of benzene rings is 1. The first-order chi connectivity index (χ1) is 10.3. The summed E-state index contributed by atoms with van der Waals surface area (Å²) in [4.78, 5) is 0. The molecular weight excluding hydrogens is 282 g/mol. The Morgan fingerprint density at radius 3 is 2.57 bits per heavy atom. The van der Waals surface area contributed by atoms with Crippen molar-refractivity contribution in [2.75, 3.05) is 13.7 Å². The molecule has 1 aliphatic carbocycles. The quantitative estimate of drug-likeness (QED) is 0.767. The van der Waals surface area contributed by atoms with Crippen molar-refractivity contribution in [2.45, 2.75) is 57.6 Å². The number of methoxy groups -OCH3 is 1. The van der Waals surface area contributed by atoms with Crippen LogP contribution in [0.1, 0.15) is 57.1 Å². The van der Waals surface area contributed by atoms with Crippen LogP contribution in [0.5, 0.6) is 0 Å². The van der Waals surface area contributed by atoms with Gasteiger partial charge in [-0.2, -0.15) is 0 Å². The van der Waals surface area contributed by atoms with Gasteiger partial charge in [0, 0.05) is 12.1 Å². The lowest BCUT2D eigenvalue weighted by molar-refractivity contribution is 0.00759. The van der Waals surface area contributed by atoms with E-state index in [2.05, 4.69) is 24.4 Å². The van der Waals surface area contributed by atoms with Gasteiger partial charge in [0.1, 0.15) is 0 Å². The predicted molar refractivity (Wildman–Crippen MR) is 89.9 cm³/mol. The molecule has 0 radical (unpaired) electrons. The Morgan fingerprint density at radius 2 is 1.95 bits per heavy atom. The van der Waals surface area contributed by atoms with Crippen LogP contribution >= 0.6 is 11.6 Å². The second-order valence-electron chi connectivity index (χ2n) is 6.05. The van der Waals surface area contributed by atoms with E-state index in [0.717, 1.165) is 18.0 Å². The minimum atomic E-state index is 0.187. The third-order valence-corrected chi connectivity index (χ3v) is 4.91. The maximum Gasteiger partial charge on any atom is 0.0794 e. The summed E-state index contributed by atoms with van der Waals surface area (Å²) in [6.45, 7) is 3.18. The van der Waals surface area contributed by atoms with E-state index in [1.165, 1.54) is 37.7 Å². The molecule has 0 bridgehead atoms. The molecule has 0 amide bonds.